The van der Waals surface area contributed by atoms with E-state index in [2.05, 4.69) is 26.0 Å². The van der Waals surface area contributed by atoms with Crippen LogP contribution in [0.5, 0.6) is 0 Å². The molecule has 3 heterocycles. The van der Waals surface area contributed by atoms with Crippen LogP contribution in [0.15, 0.2) is 0 Å². The number of methoxy groups -OCH3 is 1. The van der Waals surface area contributed by atoms with Gasteiger partial charge in [-0.1, -0.05) is 27.7 Å². The molecule has 2 unspecified atom stereocenters. The van der Waals surface area contributed by atoms with E-state index in [4.69, 9.17) is 17.0 Å². The van der Waals surface area contributed by atoms with Crippen molar-refractivity contribution in [2.24, 2.45) is 17.8 Å². The molecule has 8 atom stereocenters. The van der Waals surface area contributed by atoms with Crippen molar-refractivity contribution in [1.29, 1.82) is 0 Å². The first-order valence-electron chi connectivity index (χ1n) is 20.9. The molecule has 3 rings (SSSR count). The molecule has 3 saturated heterocycles. The van der Waals surface area contributed by atoms with Crippen molar-refractivity contribution in [3.63, 3.8) is 0 Å². The lowest BCUT2D eigenvalue weighted by molar-refractivity contribution is -0.143. The number of ether oxygens (including phenoxy) is 4. The van der Waals surface area contributed by atoms with Crippen molar-refractivity contribution >= 4 is 47.4 Å². The van der Waals surface area contributed by atoms with Gasteiger partial charge in [0.2, 0.25) is 29.5 Å². The number of rotatable bonds is 8. The summed E-state index contributed by atoms with van der Waals surface area (Å²) in [5.41, 5.74) is -0.770. The van der Waals surface area contributed by atoms with Crippen molar-refractivity contribution in [3.05, 3.63) is 0 Å². The third kappa shape index (κ3) is 14.2. The maximum absolute atomic E-state index is 14.1. The fraction of sp³-hybridized carbons (Fsp3) is 0.795. The molecule has 18 heteroatoms. The highest BCUT2D eigenvalue weighted by Gasteiger charge is 2.44. The van der Waals surface area contributed by atoms with E-state index in [1.807, 2.05) is 0 Å². The molecule has 18 nitrogen and oxygen atoms in total. The number of nitrogens with one attached hydrogen (secondary N) is 4. The Morgan fingerprint density at radius 1 is 0.860 bits per heavy atom. The Balaban J connectivity index is 1.85. The van der Waals surface area contributed by atoms with Crippen LogP contribution in [0.25, 0.3) is 0 Å². The zero-order valence-electron chi connectivity index (χ0n) is 36.6. The number of carbonyl (C=O) groups is 8. The molecule has 0 aromatic carbocycles. The number of esters is 1. The predicted molar refractivity (Wildman–Crippen MR) is 205 cm³/mol. The number of amides is 6. The van der Waals surface area contributed by atoms with E-state index in [1.165, 1.54) is 9.80 Å². The van der Waals surface area contributed by atoms with Gasteiger partial charge in [-0.25, -0.2) is 4.79 Å². The standard InChI is InChI=1S/C39H64N6O12/c1-23(2)25-19-30(46)26(41-35(50)28-13-11-15-44(28)37(52)29-14-12-16-45(29)38(53)57-39(5,6)7)21-55-17-9-10-18-56-22-27(34(49)40-20-31(47)54-8)42-36(51)32(24(3)4)43-33(25)48/h23-29,32H,9-22H2,1-8H3,(H,40,49)(H,41,50)(H,42,51)(H,43,48)/t25-,26-,27-,28-,29-,32-/m0/s1/i9T,10T/t9?,10?,25-,26-,27-,28-,29-,32-. The van der Waals surface area contributed by atoms with E-state index in [0.29, 0.717) is 32.2 Å². The fourth-order valence-electron chi connectivity index (χ4n) is 6.77. The van der Waals surface area contributed by atoms with Crippen LogP contribution in [0, 0.1) is 17.8 Å². The number of carbonyl (C=O) groups excluding carboxylic acids is 8. The molecule has 3 aliphatic heterocycles. The molecule has 0 aromatic heterocycles. The molecule has 3 aliphatic rings. The highest BCUT2D eigenvalue weighted by molar-refractivity contribution is 5.97. The van der Waals surface area contributed by atoms with Gasteiger partial charge in [0.15, 0.2) is 5.78 Å². The average molecular weight is 813 g/mol. The quantitative estimate of drug-likeness (QED) is 0.250. The highest BCUT2D eigenvalue weighted by Crippen LogP contribution is 2.27. The zero-order chi connectivity index (χ0) is 44.2. The van der Waals surface area contributed by atoms with Crippen molar-refractivity contribution in [1.82, 2.24) is 31.1 Å². The molecular formula is C39H64N6O12. The first-order valence-corrected chi connectivity index (χ1v) is 19.7. The van der Waals surface area contributed by atoms with Gasteiger partial charge >= 0.3 is 12.1 Å². The van der Waals surface area contributed by atoms with E-state index >= 15 is 0 Å². The lowest BCUT2D eigenvalue weighted by atomic mass is 9.87. The van der Waals surface area contributed by atoms with Gasteiger partial charge in [-0.2, -0.15) is 0 Å². The Morgan fingerprint density at radius 2 is 1.47 bits per heavy atom. The van der Waals surface area contributed by atoms with E-state index in [-0.39, 0.29) is 26.2 Å². The summed E-state index contributed by atoms with van der Waals surface area (Å²) < 4.78 is 38.4. The average Bonchev–Trinajstić information content (AvgIpc) is 3.86. The summed E-state index contributed by atoms with van der Waals surface area (Å²) in [6.07, 6.45) is -1.60. The lowest BCUT2D eigenvalue weighted by Gasteiger charge is -2.32. The second-order valence-corrected chi connectivity index (χ2v) is 16.2. The Kier molecular flexibility index (Phi) is 16.9. The summed E-state index contributed by atoms with van der Waals surface area (Å²) in [6, 6.07) is -5.60. The molecule has 3 fully saturated rings. The monoisotopic (exact) mass is 812 g/mol. The number of likely N-dealkylation sites (tertiary alicyclic amines) is 2. The molecule has 0 aromatic rings. The van der Waals surface area contributed by atoms with Gasteiger partial charge in [0, 0.05) is 41.4 Å². The summed E-state index contributed by atoms with van der Waals surface area (Å²) in [6.45, 7) is 10.6. The maximum atomic E-state index is 14.1. The number of nitrogens with zero attached hydrogens (tertiary/aromatic N) is 2. The van der Waals surface area contributed by atoms with Crippen molar-refractivity contribution in [2.75, 3.05) is 53.2 Å². The predicted octanol–water partition coefficient (Wildman–Crippen LogP) is 0.835. The lowest BCUT2D eigenvalue weighted by Crippen LogP contribution is -2.58. The number of ketones is 1. The van der Waals surface area contributed by atoms with Crippen LogP contribution in [0.2, 0.25) is 0 Å². The molecule has 0 aliphatic carbocycles. The highest BCUT2D eigenvalue weighted by atomic mass is 16.6. The first kappa shape index (κ1) is 43.8. The fourth-order valence-corrected chi connectivity index (χ4v) is 6.77. The van der Waals surface area contributed by atoms with E-state index in [0.717, 1.165) is 7.11 Å². The Bertz CT molecular complexity index is 1530. The van der Waals surface area contributed by atoms with Gasteiger partial charge in [0.05, 0.1) is 20.3 Å². The third-order valence-corrected chi connectivity index (χ3v) is 9.95. The maximum Gasteiger partial charge on any atom is 0.410 e. The topological polar surface area (TPSA) is 228 Å². The molecular weight excluding hydrogens is 744 g/mol. The molecule has 0 spiro atoms. The van der Waals surface area contributed by atoms with Gasteiger partial charge in [-0.3, -0.25) is 38.5 Å². The zero-order valence-corrected chi connectivity index (χ0v) is 34.6. The molecule has 6 amide bonds. The number of Topliss-reactive ketones (excluding diaryl/α,β-unsaturated/α-hetero) is 1. The second-order valence-electron chi connectivity index (χ2n) is 16.2. The van der Waals surface area contributed by atoms with Gasteiger partial charge < -0.3 is 45.1 Å². The Labute approximate surface area is 338 Å². The smallest absolute Gasteiger partial charge is 0.410 e. The summed E-state index contributed by atoms with van der Waals surface area (Å²) in [5, 5.41) is 10.4. The van der Waals surface area contributed by atoms with Crippen LogP contribution in [-0.2, 0) is 52.5 Å². The Hall–Kier alpha value is -4.32. The minimum absolute atomic E-state index is 0.261. The van der Waals surface area contributed by atoms with Gasteiger partial charge in [-0.15, -0.1) is 0 Å². The Morgan fingerprint density at radius 3 is 2.07 bits per heavy atom. The largest absolute Gasteiger partial charge is 0.468 e. The normalized spacial score (nSPS) is 29.3. The van der Waals surface area contributed by atoms with Crippen molar-refractivity contribution in [2.45, 2.75) is 129 Å². The van der Waals surface area contributed by atoms with Gasteiger partial charge in [0.25, 0.3) is 0 Å². The SMILES string of the molecule is [3H]C1COC[C@H](NC(=O)[C@@H]2CCCN2C(=O)[C@@H]2CCCN2C(=O)OC(C)(C)C)C(=O)C[C@@H](C(C)C)C(=O)N[C@@H](C(C)C)C(=O)N[C@H](C(=O)NCC(=O)OC)COCC1[3H]. The van der Waals surface area contributed by atoms with Crippen LogP contribution in [0.1, 0.15) is 96.1 Å². The summed E-state index contributed by atoms with van der Waals surface area (Å²) in [5.74, 6) is -6.38. The molecule has 322 valence electrons. The van der Waals surface area contributed by atoms with Crippen LogP contribution < -0.4 is 21.3 Å². The minimum atomic E-state index is -1.35. The van der Waals surface area contributed by atoms with E-state index in [1.54, 1.807) is 48.5 Å². The van der Waals surface area contributed by atoms with Crippen molar-refractivity contribution in [3.8, 4) is 0 Å². The molecule has 4 N–H and O–H groups in total. The number of hydrogen-bond donors (Lipinski definition) is 4. The van der Waals surface area contributed by atoms with Crippen LogP contribution >= 0.6 is 0 Å². The minimum Gasteiger partial charge on any atom is -0.468 e. The van der Waals surface area contributed by atoms with Gasteiger partial charge in [0.1, 0.15) is 42.4 Å². The van der Waals surface area contributed by atoms with E-state index in [9.17, 15) is 38.4 Å². The third-order valence-electron chi connectivity index (χ3n) is 9.95. The summed E-state index contributed by atoms with van der Waals surface area (Å²) in [7, 11) is 1.14. The summed E-state index contributed by atoms with van der Waals surface area (Å²) >= 11 is 0. The van der Waals surface area contributed by atoms with Crippen LogP contribution in [0.3, 0.4) is 0 Å². The summed E-state index contributed by atoms with van der Waals surface area (Å²) in [4.78, 5) is 110. The number of hydrogen-bond acceptors (Lipinski definition) is 12. The first-order chi connectivity index (χ1) is 27.6. The van der Waals surface area contributed by atoms with E-state index < -0.39 is 133 Å². The second kappa shape index (κ2) is 22.0. The molecule has 0 saturated carbocycles. The van der Waals surface area contributed by atoms with Crippen LogP contribution in [0.4, 0.5) is 4.79 Å². The van der Waals surface area contributed by atoms with Crippen LogP contribution in [-0.4, -0.2) is 146 Å². The van der Waals surface area contributed by atoms with Crippen molar-refractivity contribution < 1.29 is 60.0 Å². The molecule has 0 radical (unpaired) electrons. The van der Waals surface area contributed by atoms with Gasteiger partial charge in [-0.05, 0) is 71.1 Å². The molecule has 0 bridgehead atoms. The molecule has 57 heavy (non-hydrogen) atoms.